The van der Waals surface area contributed by atoms with E-state index < -0.39 is 11.4 Å². The molecule has 2 aromatic heterocycles. The zero-order valence-electron chi connectivity index (χ0n) is 12.5. The van der Waals surface area contributed by atoms with Crippen molar-refractivity contribution in [1.82, 2.24) is 20.3 Å². The first kappa shape index (κ1) is 15.5. The third-order valence-electron chi connectivity index (χ3n) is 4.03. The van der Waals surface area contributed by atoms with Gasteiger partial charge in [-0.05, 0) is 18.9 Å². The number of rotatable bonds is 4. The first-order valence-electron chi connectivity index (χ1n) is 7.46. The molecule has 0 unspecified atom stereocenters. The minimum atomic E-state index is -0.956. The smallest absolute Gasteiger partial charge is 0.271 e. The summed E-state index contributed by atoms with van der Waals surface area (Å²) in [6.45, 7) is 0. The van der Waals surface area contributed by atoms with Gasteiger partial charge in [-0.2, -0.15) is 0 Å². The van der Waals surface area contributed by atoms with Crippen molar-refractivity contribution in [3.05, 3.63) is 29.5 Å². The van der Waals surface area contributed by atoms with Gasteiger partial charge in [-0.1, -0.05) is 19.3 Å². The Hall–Kier alpha value is -2.35. The number of aromatic nitrogens is 3. The topological polar surface area (TPSA) is 111 Å². The van der Waals surface area contributed by atoms with Gasteiger partial charge in [0.05, 0.1) is 0 Å². The van der Waals surface area contributed by atoms with E-state index >= 15 is 0 Å². The van der Waals surface area contributed by atoms with E-state index in [0.29, 0.717) is 23.7 Å². The normalized spacial score (nSPS) is 16.7. The first-order valence-corrected chi connectivity index (χ1v) is 8.34. The van der Waals surface area contributed by atoms with E-state index in [1.54, 1.807) is 23.8 Å². The number of nitrogens with zero attached hydrogens (tertiary/aromatic N) is 3. The number of primary amides is 1. The van der Waals surface area contributed by atoms with Crippen molar-refractivity contribution in [3.63, 3.8) is 0 Å². The fraction of sp³-hybridized carbons (Fsp3) is 0.400. The lowest BCUT2D eigenvalue weighted by Crippen LogP contribution is -2.58. The van der Waals surface area contributed by atoms with Crippen LogP contribution in [-0.2, 0) is 4.79 Å². The average Bonchev–Trinajstić information content (AvgIpc) is 3.06. The number of thiazole rings is 1. The first-order chi connectivity index (χ1) is 11.1. The molecular weight excluding hydrogens is 314 g/mol. The molecule has 0 bridgehead atoms. The quantitative estimate of drug-likeness (QED) is 0.882. The molecule has 1 aliphatic carbocycles. The van der Waals surface area contributed by atoms with Gasteiger partial charge < -0.3 is 11.1 Å². The third-order valence-corrected chi connectivity index (χ3v) is 4.86. The molecule has 0 spiro atoms. The van der Waals surface area contributed by atoms with E-state index in [4.69, 9.17) is 5.73 Å². The molecule has 7 nitrogen and oxygen atoms in total. The van der Waals surface area contributed by atoms with Gasteiger partial charge in [0.15, 0.2) is 10.8 Å². The summed E-state index contributed by atoms with van der Waals surface area (Å²) >= 11 is 1.29. The van der Waals surface area contributed by atoms with Crippen LogP contribution in [0.25, 0.3) is 10.8 Å². The van der Waals surface area contributed by atoms with Crippen molar-refractivity contribution < 1.29 is 9.59 Å². The predicted molar refractivity (Wildman–Crippen MR) is 85.6 cm³/mol. The number of carbonyl (C=O) groups is 2. The Bertz CT molecular complexity index is 710. The van der Waals surface area contributed by atoms with Gasteiger partial charge in [0.2, 0.25) is 5.91 Å². The van der Waals surface area contributed by atoms with E-state index in [1.165, 1.54) is 11.3 Å². The van der Waals surface area contributed by atoms with Crippen LogP contribution in [0.3, 0.4) is 0 Å². The molecule has 2 heterocycles. The predicted octanol–water partition coefficient (Wildman–Crippen LogP) is 1.52. The lowest BCUT2D eigenvalue weighted by Gasteiger charge is -2.34. The maximum atomic E-state index is 12.5. The number of nitrogens with one attached hydrogen (secondary N) is 1. The van der Waals surface area contributed by atoms with Gasteiger partial charge in [-0.3, -0.25) is 9.59 Å². The number of carbonyl (C=O) groups excluding carboxylic acids is 2. The number of nitrogens with two attached hydrogens (primary N) is 1. The fourth-order valence-electron chi connectivity index (χ4n) is 2.76. The molecule has 3 N–H and O–H groups in total. The third kappa shape index (κ3) is 3.21. The molecule has 2 amide bonds. The van der Waals surface area contributed by atoms with Crippen molar-refractivity contribution in [1.29, 1.82) is 0 Å². The summed E-state index contributed by atoms with van der Waals surface area (Å²) in [5.74, 6) is -0.393. The minimum Gasteiger partial charge on any atom is -0.368 e. The van der Waals surface area contributed by atoms with Crippen LogP contribution < -0.4 is 11.1 Å². The molecule has 0 saturated heterocycles. The Labute approximate surface area is 137 Å². The Morgan fingerprint density at radius 2 is 1.87 bits per heavy atom. The van der Waals surface area contributed by atoms with E-state index in [2.05, 4.69) is 20.3 Å². The molecule has 2 aromatic rings. The standard InChI is InChI=1S/C15H17N5O2S/c16-14(22)15(5-2-1-3-6-15)20-12(21)10-9-23-13(19-10)11-17-7-4-8-18-11/h4,7-9H,1-3,5-6H2,(H2,16,22)(H,20,21). The molecule has 1 aliphatic rings. The van der Waals surface area contributed by atoms with Crippen molar-refractivity contribution in [3.8, 4) is 10.8 Å². The van der Waals surface area contributed by atoms with E-state index in [-0.39, 0.29) is 11.6 Å². The Morgan fingerprint density at radius 1 is 1.17 bits per heavy atom. The average molecular weight is 331 g/mol. The summed E-state index contributed by atoms with van der Waals surface area (Å²) in [6.07, 6.45) is 7.20. The number of amides is 2. The zero-order chi connectivity index (χ0) is 16.3. The van der Waals surface area contributed by atoms with Crippen LogP contribution in [0.1, 0.15) is 42.6 Å². The van der Waals surface area contributed by atoms with Crippen LogP contribution in [0.2, 0.25) is 0 Å². The second-order valence-electron chi connectivity index (χ2n) is 5.57. The summed E-state index contributed by atoms with van der Waals surface area (Å²) < 4.78 is 0. The maximum absolute atomic E-state index is 12.5. The Morgan fingerprint density at radius 3 is 2.52 bits per heavy atom. The molecule has 8 heteroatoms. The van der Waals surface area contributed by atoms with E-state index in [1.807, 2.05) is 0 Å². The molecule has 0 radical (unpaired) electrons. The molecule has 120 valence electrons. The lowest BCUT2D eigenvalue weighted by atomic mass is 9.81. The highest BCUT2D eigenvalue weighted by molar-refractivity contribution is 7.13. The van der Waals surface area contributed by atoms with Gasteiger partial charge in [0.25, 0.3) is 5.91 Å². The minimum absolute atomic E-state index is 0.253. The molecule has 1 saturated carbocycles. The summed E-state index contributed by atoms with van der Waals surface area (Å²) in [6, 6.07) is 1.71. The van der Waals surface area contributed by atoms with Crippen LogP contribution in [-0.4, -0.2) is 32.3 Å². The molecule has 3 rings (SSSR count). The zero-order valence-corrected chi connectivity index (χ0v) is 13.3. The summed E-state index contributed by atoms with van der Waals surface area (Å²) in [4.78, 5) is 36.8. The fourth-order valence-corrected chi connectivity index (χ4v) is 3.50. The van der Waals surface area contributed by atoms with Crippen LogP contribution in [0.5, 0.6) is 0 Å². The second-order valence-corrected chi connectivity index (χ2v) is 6.43. The summed E-state index contributed by atoms with van der Waals surface area (Å²) in [7, 11) is 0. The molecule has 0 atom stereocenters. The Kier molecular flexibility index (Phi) is 4.33. The molecule has 0 aliphatic heterocycles. The van der Waals surface area contributed by atoms with Crippen LogP contribution in [0.4, 0.5) is 0 Å². The maximum Gasteiger partial charge on any atom is 0.271 e. The largest absolute Gasteiger partial charge is 0.368 e. The molecular formula is C15H17N5O2S. The van der Waals surface area contributed by atoms with Gasteiger partial charge in [0.1, 0.15) is 11.2 Å². The molecule has 0 aromatic carbocycles. The molecule has 23 heavy (non-hydrogen) atoms. The van der Waals surface area contributed by atoms with E-state index in [9.17, 15) is 9.59 Å². The van der Waals surface area contributed by atoms with Crippen LogP contribution >= 0.6 is 11.3 Å². The number of hydrogen-bond donors (Lipinski definition) is 2. The van der Waals surface area contributed by atoms with Gasteiger partial charge in [-0.25, -0.2) is 15.0 Å². The molecule has 1 fully saturated rings. The van der Waals surface area contributed by atoms with Gasteiger partial charge >= 0.3 is 0 Å². The van der Waals surface area contributed by atoms with Crippen molar-refractivity contribution in [2.75, 3.05) is 0 Å². The second kappa shape index (κ2) is 6.41. The monoisotopic (exact) mass is 331 g/mol. The highest BCUT2D eigenvalue weighted by Crippen LogP contribution is 2.28. The SMILES string of the molecule is NC(=O)C1(NC(=O)c2csc(-c3ncccn3)n2)CCCCC1. The van der Waals surface area contributed by atoms with E-state index in [0.717, 1.165) is 19.3 Å². The highest BCUT2D eigenvalue weighted by atomic mass is 32.1. The highest BCUT2D eigenvalue weighted by Gasteiger charge is 2.39. The van der Waals surface area contributed by atoms with Crippen LogP contribution in [0, 0.1) is 0 Å². The van der Waals surface area contributed by atoms with Gasteiger partial charge in [0, 0.05) is 17.8 Å². The lowest BCUT2D eigenvalue weighted by molar-refractivity contribution is -0.125. The van der Waals surface area contributed by atoms with Crippen molar-refractivity contribution >= 4 is 23.2 Å². The summed E-state index contributed by atoms with van der Waals surface area (Å²) in [5.41, 5.74) is 4.83. The Balaban J connectivity index is 1.78. The van der Waals surface area contributed by atoms with Gasteiger partial charge in [-0.15, -0.1) is 11.3 Å². The summed E-state index contributed by atoms with van der Waals surface area (Å²) in [5, 5.41) is 5.00. The number of hydrogen-bond acceptors (Lipinski definition) is 6. The van der Waals surface area contributed by atoms with Crippen LogP contribution in [0.15, 0.2) is 23.8 Å². The van der Waals surface area contributed by atoms with Crippen molar-refractivity contribution in [2.24, 2.45) is 5.73 Å². The van der Waals surface area contributed by atoms with Crippen molar-refractivity contribution in [2.45, 2.75) is 37.6 Å².